The summed E-state index contributed by atoms with van der Waals surface area (Å²) in [7, 11) is 0. The van der Waals surface area contributed by atoms with Gasteiger partial charge in [0.15, 0.2) is 6.10 Å². The predicted octanol–water partition coefficient (Wildman–Crippen LogP) is -0.0335. The summed E-state index contributed by atoms with van der Waals surface area (Å²) in [6, 6.07) is 9.08. The standard InChI is InChI=1S/C13H17NO4/c14-8-4-7-11(15)12(16)13(17)18-9-10-5-2-1-3-6-10/h1-7,11-12,15-16H,8-9,14H2/b7-4+/t11-,12-/m1/s1. The first-order chi connectivity index (χ1) is 8.65. The van der Waals surface area contributed by atoms with Crippen molar-refractivity contribution in [2.45, 2.75) is 18.8 Å². The second-order valence-corrected chi connectivity index (χ2v) is 3.69. The zero-order chi connectivity index (χ0) is 13.4. The van der Waals surface area contributed by atoms with Gasteiger partial charge in [-0.05, 0) is 5.56 Å². The van der Waals surface area contributed by atoms with Crippen LogP contribution in [-0.4, -0.2) is 34.9 Å². The maximum atomic E-state index is 11.4. The first-order valence-electron chi connectivity index (χ1n) is 5.58. The molecule has 0 radical (unpaired) electrons. The molecule has 0 saturated heterocycles. The van der Waals surface area contributed by atoms with Gasteiger partial charge in [0.1, 0.15) is 12.7 Å². The second kappa shape index (κ2) is 7.60. The average Bonchev–Trinajstić information content (AvgIpc) is 2.42. The summed E-state index contributed by atoms with van der Waals surface area (Å²) in [5.41, 5.74) is 6.00. The number of hydrogen-bond donors (Lipinski definition) is 3. The third-order valence-electron chi connectivity index (χ3n) is 2.26. The van der Waals surface area contributed by atoms with E-state index in [-0.39, 0.29) is 13.2 Å². The lowest BCUT2D eigenvalue weighted by atomic mass is 10.2. The fourth-order valence-electron chi connectivity index (χ4n) is 1.28. The molecule has 4 N–H and O–H groups in total. The molecular formula is C13H17NO4. The van der Waals surface area contributed by atoms with Crippen LogP contribution in [0.3, 0.4) is 0 Å². The SMILES string of the molecule is NC/C=C/[C@@H](O)[C@@H](O)C(=O)OCc1ccccc1. The molecule has 1 aromatic carbocycles. The van der Waals surface area contributed by atoms with Gasteiger partial charge in [0.05, 0.1) is 0 Å². The highest BCUT2D eigenvalue weighted by Crippen LogP contribution is 2.04. The number of aliphatic hydroxyl groups is 2. The van der Waals surface area contributed by atoms with Gasteiger partial charge < -0.3 is 20.7 Å². The van der Waals surface area contributed by atoms with Crippen molar-refractivity contribution in [1.29, 1.82) is 0 Å². The highest BCUT2D eigenvalue weighted by molar-refractivity contribution is 5.75. The average molecular weight is 251 g/mol. The van der Waals surface area contributed by atoms with Gasteiger partial charge in [-0.3, -0.25) is 0 Å². The quantitative estimate of drug-likeness (QED) is 0.487. The lowest BCUT2D eigenvalue weighted by Crippen LogP contribution is -2.34. The number of esters is 1. The first kappa shape index (κ1) is 14.4. The molecule has 1 aromatic rings. The molecule has 0 unspecified atom stereocenters. The van der Waals surface area contributed by atoms with Crippen LogP contribution < -0.4 is 5.73 Å². The van der Waals surface area contributed by atoms with Gasteiger partial charge in [-0.2, -0.15) is 0 Å². The van der Waals surface area contributed by atoms with Crippen molar-refractivity contribution < 1.29 is 19.7 Å². The first-order valence-corrected chi connectivity index (χ1v) is 5.58. The fourth-order valence-corrected chi connectivity index (χ4v) is 1.28. The van der Waals surface area contributed by atoms with Crippen molar-refractivity contribution in [3.63, 3.8) is 0 Å². The predicted molar refractivity (Wildman–Crippen MR) is 66.4 cm³/mol. The van der Waals surface area contributed by atoms with Crippen LogP contribution in [0.2, 0.25) is 0 Å². The Labute approximate surface area is 105 Å². The van der Waals surface area contributed by atoms with E-state index in [1.807, 2.05) is 18.2 Å². The largest absolute Gasteiger partial charge is 0.459 e. The molecule has 0 amide bonds. The minimum atomic E-state index is -1.60. The molecule has 5 nitrogen and oxygen atoms in total. The molecule has 2 atom stereocenters. The van der Waals surface area contributed by atoms with Gasteiger partial charge in [0, 0.05) is 6.54 Å². The Bertz CT molecular complexity index is 391. The van der Waals surface area contributed by atoms with Crippen molar-refractivity contribution in [2.75, 3.05) is 6.54 Å². The number of nitrogens with two attached hydrogens (primary N) is 1. The van der Waals surface area contributed by atoms with Crippen LogP contribution in [0.15, 0.2) is 42.5 Å². The van der Waals surface area contributed by atoms with E-state index in [9.17, 15) is 15.0 Å². The Hall–Kier alpha value is -1.69. The van der Waals surface area contributed by atoms with E-state index in [0.717, 1.165) is 5.56 Å². The maximum Gasteiger partial charge on any atom is 0.338 e. The van der Waals surface area contributed by atoms with Gasteiger partial charge in [0.25, 0.3) is 0 Å². The molecule has 1 rings (SSSR count). The van der Waals surface area contributed by atoms with Crippen LogP contribution in [0.25, 0.3) is 0 Å². The van der Waals surface area contributed by atoms with Crippen molar-refractivity contribution >= 4 is 5.97 Å². The van der Waals surface area contributed by atoms with Crippen LogP contribution >= 0.6 is 0 Å². The van der Waals surface area contributed by atoms with E-state index in [1.165, 1.54) is 12.2 Å². The Morgan fingerprint density at radius 2 is 2.00 bits per heavy atom. The summed E-state index contributed by atoms with van der Waals surface area (Å²) < 4.78 is 4.88. The topological polar surface area (TPSA) is 92.8 Å². The molecule has 0 heterocycles. The molecule has 0 spiro atoms. The lowest BCUT2D eigenvalue weighted by Gasteiger charge is -2.13. The van der Waals surface area contributed by atoms with E-state index in [1.54, 1.807) is 12.1 Å². The second-order valence-electron chi connectivity index (χ2n) is 3.69. The summed E-state index contributed by atoms with van der Waals surface area (Å²) in [5.74, 6) is -0.868. The summed E-state index contributed by atoms with van der Waals surface area (Å²) in [6.07, 6.45) is -0.194. The Kier molecular flexibility index (Phi) is 6.07. The molecule has 0 saturated carbocycles. The minimum absolute atomic E-state index is 0.0596. The van der Waals surface area contributed by atoms with E-state index in [0.29, 0.717) is 0 Å². The highest BCUT2D eigenvalue weighted by atomic mass is 16.5. The van der Waals surface area contributed by atoms with E-state index >= 15 is 0 Å². The Balaban J connectivity index is 2.43. The number of carbonyl (C=O) groups is 1. The number of aliphatic hydroxyl groups excluding tert-OH is 2. The molecule has 0 aromatic heterocycles. The Morgan fingerprint density at radius 3 is 2.61 bits per heavy atom. The molecule has 18 heavy (non-hydrogen) atoms. The lowest BCUT2D eigenvalue weighted by molar-refractivity contribution is -0.159. The van der Waals surface area contributed by atoms with Crippen molar-refractivity contribution in [2.24, 2.45) is 5.73 Å². The van der Waals surface area contributed by atoms with Crippen molar-refractivity contribution in [3.8, 4) is 0 Å². The zero-order valence-electron chi connectivity index (χ0n) is 9.90. The maximum absolute atomic E-state index is 11.4. The molecule has 98 valence electrons. The number of hydrogen-bond acceptors (Lipinski definition) is 5. The van der Waals surface area contributed by atoms with Gasteiger partial charge in [-0.15, -0.1) is 0 Å². The molecule has 0 aliphatic heterocycles. The molecular weight excluding hydrogens is 234 g/mol. The zero-order valence-corrected chi connectivity index (χ0v) is 9.90. The van der Waals surface area contributed by atoms with Crippen LogP contribution in [0.1, 0.15) is 5.56 Å². The van der Waals surface area contributed by atoms with Gasteiger partial charge in [-0.25, -0.2) is 4.79 Å². The number of carbonyl (C=O) groups excluding carboxylic acids is 1. The van der Waals surface area contributed by atoms with Gasteiger partial charge in [0.2, 0.25) is 0 Å². The van der Waals surface area contributed by atoms with E-state index in [2.05, 4.69) is 0 Å². The molecule has 0 bridgehead atoms. The monoisotopic (exact) mass is 251 g/mol. The van der Waals surface area contributed by atoms with E-state index < -0.39 is 18.2 Å². The summed E-state index contributed by atoms with van der Waals surface area (Å²) in [4.78, 5) is 11.4. The summed E-state index contributed by atoms with van der Waals surface area (Å²) >= 11 is 0. The van der Waals surface area contributed by atoms with Crippen molar-refractivity contribution in [3.05, 3.63) is 48.0 Å². The normalized spacial score (nSPS) is 14.4. The van der Waals surface area contributed by atoms with Gasteiger partial charge >= 0.3 is 5.97 Å². The smallest absolute Gasteiger partial charge is 0.338 e. The molecule has 5 heteroatoms. The summed E-state index contributed by atoms with van der Waals surface area (Å²) in [5, 5.41) is 18.9. The van der Waals surface area contributed by atoms with Crippen LogP contribution in [0.5, 0.6) is 0 Å². The summed E-state index contributed by atoms with van der Waals surface area (Å²) in [6.45, 7) is 0.285. The Morgan fingerprint density at radius 1 is 1.33 bits per heavy atom. The van der Waals surface area contributed by atoms with E-state index in [4.69, 9.17) is 10.5 Å². The highest BCUT2D eigenvalue weighted by Gasteiger charge is 2.23. The number of rotatable bonds is 6. The number of ether oxygens (including phenoxy) is 1. The number of benzene rings is 1. The van der Waals surface area contributed by atoms with Gasteiger partial charge in [-0.1, -0.05) is 42.5 Å². The third-order valence-corrected chi connectivity index (χ3v) is 2.26. The minimum Gasteiger partial charge on any atom is -0.459 e. The van der Waals surface area contributed by atoms with Crippen molar-refractivity contribution in [1.82, 2.24) is 0 Å². The molecule has 0 aliphatic carbocycles. The van der Waals surface area contributed by atoms with Crippen LogP contribution in [0.4, 0.5) is 0 Å². The third kappa shape index (κ3) is 4.67. The fraction of sp³-hybridized carbons (Fsp3) is 0.308. The van der Waals surface area contributed by atoms with Crippen LogP contribution in [0, 0.1) is 0 Å². The molecule has 0 aliphatic rings. The molecule has 0 fully saturated rings. The van der Waals surface area contributed by atoms with Crippen LogP contribution in [-0.2, 0) is 16.1 Å².